The van der Waals surface area contributed by atoms with Crippen LogP contribution in [0.15, 0.2) is 17.5 Å². The van der Waals surface area contributed by atoms with Gasteiger partial charge in [-0.2, -0.15) is 0 Å². The van der Waals surface area contributed by atoms with Gasteiger partial charge in [-0.1, -0.05) is 6.07 Å². The van der Waals surface area contributed by atoms with Crippen molar-refractivity contribution in [2.45, 2.75) is 25.8 Å². The Morgan fingerprint density at radius 3 is 2.28 bits per heavy atom. The Morgan fingerprint density at radius 2 is 1.64 bits per heavy atom. The molecule has 1 N–H and O–H groups in total. The summed E-state index contributed by atoms with van der Waals surface area (Å²) in [6.45, 7) is 6.83. The summed E-state index contributed by atoms with van der Waals surface area (Å²) in [4.78, 5) is 32.0. The monoisotopic (exact) mass is 364 g/mol. The van der Waals surface area contributed by atoms with E-state index in [9.17, 15) is 9.59 Å². The summed E-state index contributed by atoms with van der Waals surface area (Å²) < 4.78 is 0. The number of hydrogen-bond donors (Lipinski definition) is 1. The molecule has 1 aromatic rings. The predicted octanol–water partition coefficient (Wildman–Crippen LogP) is 0.994. The largest absolute Gasteiger partial charge is 0.350 e. The van der Waals surface area contributed by atoms with Gasteiger partial charge < -0.3 is 10.2 Å². The molecular weight excluding hydrogens is 336 g/mol. The Kier molecular flexibility index (Phi) is 6.84. The van der Waals surface area contributed by atoms with Crippen molar-refractivity contribution < 1.29 is 9.59 Å². The molecule has 0 bridgehead atoms. The van der Waals surface area contributed by atoms with Gasteiger partial charge in [-0.3, -0.25) is 19.4 Å². The molecule has 6 nitrogen and oxygen atoms in total. The van der Waals surface area contributed by atoms with Gasteiger partial charge in [0.2, 0.25) is 11.8 Å². The molecule has 2 fully saturated rings. The number of carbonyl (C=O) groups excluding carboxylic acids is 2. The van der Waals surface area contributed by atoms with E-state index in [1.165, 1.54) is 11.3 Å². The lowest BCUT2D eigenvalue weighted by atomic mass is 10.1. The minimum Gasteiger partial charge on any atom is -0.350 e. The first-order valence-corrected chi connectivity index (χ1v) is 10.1. The molecule has 138 valence electrons. The fraction of sp³-hybridized carbons (Fsp3) is 0.667. The lowest BCUT2D eigenvalue weighted by Crippen LogP contribution is -2.52. The minimum atomic E-state index is 0.0752. The van der Waals surface area contributed by atoms with Gasteiger partial charge in [0.05, 0.1) is 19.6 Å². The molecule has 0 aromatic carbocycles. The molecule has 3 heterocycles. The molecule has 2 aliphatic rings. The molecular formula is C18H28N4O2S. The molecule has 2 amide bonds. The van der Waals surface area contributed by atoms with Crippen molar-refractivity contribution in [3.63, 3.8) is 0 Å². The van der Waals surface area contributed by atoms with E-state index in [1.54, 1.807) is 11.3 Å². The molecule has 3 rings (SSSR count). The van der Waals surface area contributed by atoms with E-state index in [1.807, 2.05) is 22.4 Å². The average molecular weight is 365 g/mol. The van der Waals surface area contributed by atoms with Crippen LogP contribution in [0.25, 0.3) is 0 Å². The molecule has 7 heteroatoms. The molecule has 0 unspecified atom stereocenters. The van der Waals surface area contributed by atoms with Gasteiger partial charge in [-0.05, 0) is 30.7 Å². The predicted molar refractivity (Wildman–Crippen MR) is 99.5 cm³/mol. The number of thiophene rings is 1. The Morgan fingerprint density at radius 1 is 0.960 bits per heavy atom. The number of carbonyl (C=O) groups is 2. The Balaban J connectivity index is 1.32. The zero-order valence-corrected chi connectivity index (χ0v) is 15.6. The van der Waals surface area contributed by atoms with Gasteiger partial charge in [-0.15, -0.1) is 11.3 Å². The summed E-state index contributed by atoms with van der Waals surface area (Å²) in [7, 11) is 0. The van der Waals surface area contributed by atoms with Crippen molar-refractivity contribution in [1.29, 1.82) is 0 Å². The fourth-order valence-corrected chi connectivity index (χ4v) is 4.04. The molecule has 0 spiro atoms. The molecule has 0 atom stereocenters. The summed E-state index contributed by atoms with van der Waals surface area (Å²) in [5.41, 5.74) is 0. The van der Waals surface area contributed by atoms with Crippen LogP contribution < -0.4 is 5.32 Å². The highest BCUT2D eigenvalue weighted by Gasteiger charge is 2.23. The highest BCUT2D eigenvalue weighted by atomic mass is 32.1. The Hall–Kier alpha value is -1.44. The molecule has 0 saturated carbocycles. The molecule has 0 aliphatic carbocycles. The fourth-order valence-electron chi connectivity index (χ4n) is 3.40. The molecule has 2 saturated heterocycles. The topological polar surface area (TPSA) is 55.9 Å². The highest BCUT2D eigenvalue weighted by Crippen LogP contribution is 2.10. The van der Waals surface area contributed by atoms with Crippen molar-refractivity contribution in [2.24, 2.45) is 0 Å². The van der Waals surface area contributed by atoms with Crippen molar-refractivity contribution in [3.05, 3.63) is 22.4 Å². The lowest BCUT2D eigenvalue weighted by Gasteiger charge is -2.35. The van der Waals surface area contributed by atoms with Gasteiger partial charge in [0.15, 0.2) is 0 Å². The number of piperidine rings is 1. The molecule has 1 aromatic heterocycles. The number of nitrogens with one attached hydrogen (secondary N) is 1. The lowest BCUT2D eigenvalue weighted by molar-refractivity contribution is -0.134. The zero-order valence-electron chi connectivity index (χ0n) is 14.8. The number of hydrogen-bond acceptors (Lipinski definition) is 5. The Bertz CT molecular complexity index is 549. The second-order valence-electron chi connectivity index (χ2n) is 6.85. The number of nitrogens with zero attached hydrogens (tertiary/aromatic N) is 3. The second kappa shape index (κ2) is 9.31. The third-order valence-electron chi connectivity index (χ3n) is 4.94. The number of likely N-dealkylation sites (tertiary alicyclic amines) is 1. The summed E-state index contributed by atoms with van der Waals surface area (Å²) in [5, 5.41) is 4.99. The summed E-state index contributed by atoms with van der Waals surface area (Å²) in [6.07, 6.45) is 3.53. The van der Waals surface area contributed by atoms with E-state index < -0.39 is 0 Å². The maximum atomic E-state index is 12.3. The van der Waals surface area contributed by atoms with E-state index in [0.29, 0.717) is 19.6 Å². The second-order valence-corrected chi connectivity index (χ2v) is 7.88. The number of piperazine rings is 1. The molecule has 25 heavy (non-hydrogen) atoms. The first-order valence-electron chi connectivity index (χ1n) is 9.22. The summed E-state index contributed by atoms with van der Waals surface area (Å²) >= 11 is 1.66. The maximum absolute atomic E-state index is 12.3. The normalized spacial score (nSPS) is 19.8. The minimum absolute atomic E-state index is 0.0752. The van der Waals surface area contributed by atoms with Gasteiger partial charge in [0, 0.05) is 44.1 Å². The standard InChI is InChI=1S/C18H28N4O2S/c23-17(19-13-16-5-4-12-25-16)14-20-8-10-21(11-9-20)15-18(24)22-6-2-1-3-7-22/h4-5,12H,1-3,6-11,13-15H2,(H,19,23). The Labute approximate surface area is 153 Å². The number of rotatable bonds is 6. The van der Waals surface area contributed by atoms with Crippen molar-refractivity contribution in [2.75, 3.05) is 52.4 Å². The first-order chi connectivity index (χ1) is 12.2. The number of amides is 2. The van der Waals surface area contributed by atoms with Crippen LogP contribution in [0.4, 0.5) is 0 Å². The van der Waals surface area contributed by atoms with E-state index in [2.05, 4.69) is 15.1 Å². The van der Waals surface area contributed by atoms with E-state index in [0.717, 1.165) is 52.1 Å². The zero-order chi connectivity index (χ0) is 17.5. The van der Waals surface area contributed by atoms with Crippen molar-refractivity contribution in [1.82, 2.24) is 20.0 Å². The van der Waals surface area contributed by atoms with Gasteiger partial charge in [0.25, 0.3) is 0 Å². The van der Waals surface area contributed by atoms with E-state index in [4.69, 9.17) is 0 Å². The van der Waals surface area contributed by atoms with E-state index >= 15 is 0 Å². The highest BCUT2D eigenvalue weighted by molar-refractivity contribution is 7.09. The van der Waals surface area contributed by atoms with Gasteiger partial charge in [0.1, 0.15) is 0 Å². The van der Waals surface area contributed by atoms with E-state index in [-0.39, 0.29) is 11.8 Å². The quantitative estimate of drug-likeness (QED) is 0.818. The SMILES string of the molecule is O=C(CN1CCN(CC(=O)N2CCCCC2)CC1)NCc1cccs1. The maximum Gasteiger partial charge on any atom is 0.236 e. The smallest absolute Gasteiger partial charge is 0.236 e. The third-order valence-corrected chi connectivity index (χ3v) is 5.82. The van der Waals surface area contributed by atoms with Crippen LogP contribution >= 0.6 is 11.3 Å². The van der Waals surface area contributed by atoms with Crippen molar-refractivity contribution >= 4 is 23.2 Å². The van der Waals surface area contributed by atoms with Crippen molar-refractivity contribution in [3.8, 4) is 0 Å². The average Bonchev–Trinajstić information content (AvgIpc) is 3.16. The van der Waals surface area contributed by atoms with Crippen LogP contribution in [0.2, 0.25) is 0 Å². The van der Waals surface area contributed by atoms with Gasteiger partial charge in [-0.25, -0.2) is 0 Å². The van der Waals surface area contributed by atoms with Gasteiger partial charge >= 0.3 is 0 Å². The van der Waals surface area contributed by atoms with Crippen LogP contribution in [-0.4, -0.2) is 78.9 Å². The van der Waals surface area contributed by atoms with Crippen LogP contribution in [0.3, 0.4) is 0 Å². The summed E-state index contributed by atoms with van der Waals surface area (Å²) in [5.74, 6) is 0.341. The molecule has 2 aliphatic heterocycles. The van der Waals surface area contributed by atoms with Crippen LogP contribution in [0.5, 0.6) is 0 Å². The third kappa shape index (κ3) is 5.80. The van der Waals surface area contributed by atoms with Crippen LogP contribution in [-0.2, 0) is 16.1 Å². The molecule has 0 radical (unpaired) electrons. The van der Waals surface area contributed by atoms with Crippen LogP contribution in [0.1, 0.15) is 24.1 Å². The van der Waals surface area contributed by atoms with Crippen LogP contribution in [0, 0.1) is 0 Å². The summed E-state index contributed by atoms with van der Waals surface area (Å²) in [6, 6.07) is 4.03. The first kappa shape index (κ1) is 18.4.